The number of para-hydroxylation sites is 1. The number of nitrogens with zero attached hydrogens (tertiary/aromatic N) is 4. The highest BCUT2D eigenvalue weighted by atomic mass is 32.2. The third-order valence-corrected chi connectivity index (χ3v) is 5.08. The van der Waals surface area contributed by atoms with Crippen molar-refractivity contribution < 1.29 is 9.48 Å². The number of nitrogens with one attached hydrogen (secondary N) is 1. The quantitative estimate of drug-likeness (QED) is 0.556. The van der Waals surface area contributed by atoms with Crippen LogP contribution in [0.1, 0.15) is 25.1 Å². The molecule has 8 heteroatoms. The number of H-pyrrole nitrogens is 1. The van der Waals surface area contributed by atoms with Gasteiger partial charge in [-0.1, -0.05) is 30.8 Å². The second kappa shape index (κ2) is 6.96. The lowest BCUT2D eigenvalue weighted by atomic mass is 10.0. The van der Waals surface area contributed by atoms with Crippen molar-refractivity contribution in [3.63, 3.8) is 0 Å². The monoisotopic (exact) mass is 380 g/mol. The average Bonchev–Trinajstić information content (AvgIpc) is 2.72. The fourth-order valence-electron chi connectivity index (χ4n) is 3.33. The van der Waals surface area contributed by atoms with Crippen LogP contribution in [0.3, 0.4) is 0 Å². The van der Waals surface area contributed by atoms with E-state index >= 15 is 0 Å². The Bertz CT molecular complexity index is 1070. The lowest BCUT2D eigenvalue weighted by molar-refractivity contribution is -0.763. The van der Waals surface area contributed by atoms with Crippen molar-refractivity contribution in [1.82, 2.24) is 15.1 Å². The van der Waals surface area contributed by atoms with Gasteiger partial charge in [0.05, 0.1) is 16.8 Å². The molecule has 1 aliphatic rings. The summed E-state index contributed by atoms with van der Waals surface area (Å²) in [5, 5.41) is 5.11. The van der Waals surface area contributed by atoms with Gasteiger partial charge >= 0.3 is 11.3 Å². The van der Waals surface area contributed by atoms with E-state index in [0.29, 0.717) is 28.5 Å². The maximum atomic E-state index is 12.9. The van der Waals surface area contributed by atoms with Crippen LogP contribution in [0.25, 0.3) is 11.3 Å². The number of hydrogen-bond donors (Lipinski definition) is 1. The van der Waals surface area contributed by atoms with Crippen LogP contribution in [0.2, 0.25) is 0 Å². The zero-order chi connectivity index (χ0) is 19.0. The summed E-state index contributed by atoms with van der Waals surface area (Å²) < 4.78 is 1.64. The molecule has 27 heavy (non-hydrogen) atoms. The SMILES string of the molecule is CCC(=O)N1c2ccccc2-c2c(=O)[nH]c(SC)n[n+]2[C@H]1c1cccnc1. The van der Waals surface area contributed by atoms with Crippen LogP contribution < -0.4 is 15.1 Å². The summed E-state index contributed by atoms with van der Waals surface area (Å²) in [5.74, 6) is -0.0535. The summed E-state index contributed by atoms with van der Waals surface area (Å²) in [5.41, 5.74) is 2.35. The van der Waals surface area contributed by atoms with Crippen molar-refractivity contribution in [1.29, 1.82) is 0 Å². The van der Waals surface area contributed by atoms with Gasteiger partial charge < -0.3 is 0 Å². The lowest BCUT2D eigenvalue weighted by Gasteiger charge is -2.31. The summed E-state index contributed by atoms with van der Waals surface area (Å²) in [6.07, 6.45) is 4.98. The van der Waals surface area contributed by atoms with Crippen LogP contribution in [0.15, 0.2) is 58.7 Å². The molecule has 1 N–H and O–H groups in total. The minimum Gasteiger partial charge on any atom is -0.291 e. The van der Waals surface area contributed by atoms with E-state index < -0.39 is 6.17 Å². The number of aromatic amines is 1. The van der Waals surface area contributed by atoms with E-state index in [0.717, 1.165) is 5.56 Å². The van der Waals surface area contributed by atoms with Gasteiger partial charge in [-0.15, -0.1) is 0 Å². The maximum Gasteiger partial charge on any atom is 0.325 e. The summed E-state index contributed by atoms with van der Waals surface area (Å²) >= 11 is 1.34. The number of carbonyl (C=O) groups is 1. The maximum absolute atomic E-state index is 12.9. The molecule has 0 saturated heterocycles. The van der Waals surface area contributed by atoms with E-state index in [4.69, 9.17) is 0 Å². The molecule has 7 nitrogen and oxygen atoms in total. The van der Waals surface area contributed by atoms with E-state index in [2.05, 4.69) is 15.1 Å². The number of pyridine rings is 1. The van der Waals surface area contributed by atoms with Gasteiger partial charge in [-0.25, -0.2) is 4.90 Å². The van der Waals surface area contributed by atoms with Gasteiger partial charge in [-0.05, 0) is 35.2 Å². The molecule has 1 aliphatic heterocycles. The number of carbonyl (C=O) groups excluding carboxylic acids is 1. The van der Waals surface area contributed by atoms with E-state index in [1.807, 2.05) is 49.6 Å². The van der Waals surface area contributed by atoms with Crippen molar-refractivity contribution in [2.45, 2.75) is 24.7 Å². The molecule has 0 spiro atoms. The number of amides is 1. The molecule has 2 aromatic heterocycles. The van der Waals surface area contributed by atoms with Gasteiger partial charge in [-0.2, -0.15) is 0 Å². The molecule has 0 aliphatic carbocycles. The van der Waals surface area contributed by atoms with Gasteiger partial charge in [0, 0.05) is 23.9 Å². The third-order valence-electron chi connectivity index (χ3n) is 4.51. The number of anilines is 1. The number of hydrogen-bond acceptors (Lipinski definition) is 5. The van der Waals surface area contributed by atoms with E-state index in [9.17, 15) is 9.59 Å². The molecule has 0 saturated carbocycles. The van der Waals surface area contributed by atoms with Crippen molar-refractivity contribution in [3.8, 4) is 11.3 Å². The van der Waals surface area contributed by atoms with Crippen molar-refractivity contribution in [2.75, 3.05) is 11.2 Å². The first-order valence-corrected chi connectivity index (χ1v) is 9.79. The second-order valence-corrected chi connectivity index (χ2v) is 6.85. The van der Waals surface area contributed by atoms with Crippen molar-refractivity contribution in [2.24, 2.45) is 0 Å². The average molecular weight is 380 g/mol. The first-order chi connectivity index (χ1) is 13.2. The highest BCUT2D eigenvalue weighted by molar-refractivity contribution is 7.98. The lowest BCUT2D eigenvalue weighted by Crippen LogP contribution is -2.60. The molecular weight excluding hydrogens is 362 g/mol. The van der Waals surface area contributed by atoms with E-state index in [-0.39, 0.29) is 11.5 Å². The normalized spacial score (nSPS) is 15.2. The molecule has 1 atom stereocenters. The number of fused-ring (bicyclic) bond motifs is 3. The zero-order valence-corrected chi connectivity index (χ0v) is 15.7. The minimum absolute atomic E-state index is 0.0535. The predicted molar refractivity (Wildman–Crippen MR) is 102 cm³/mol. The predicted octanol–water partition coefficient (Wildman–Crippen LogP) is 2.14. The van der Waals surface area contributed by atoms with Crippen LogP contribution in [0, 0.1) is 0 Å². The molecule has 0 bridgehead atoms. The summed E-state index contributed by atoms with van der Waals surface area (Å²) in [6, 6.07) is 11.1. The molecule has 0 fully saturated rings. The Labute approximate surface area is 160 Å². The Kier molecular flexibility index (Phi) is 4.49. The summed E-state index contributed by atoms with van der Waals surface area (Å²) in [4.78, 5) is 34.5. The molecular formula is C19H18N5O2S+. The topological polar surface area (TPSA) is 82.8 Å². The molecule has 3 aromatic rings. The fourth-order valence-corrected chi connectivity index (χ4v) is 3.70. The van der Waals surface area contributed by atoms with Gasteiger partial charge in [0.2, 0.25) is 11.1 Å². The number of benzene rings is 1. The van der Waals surface area contributed by atoms with Crippen LogP contribution in [0.4, 0.5) is 5.69 Å². The van der Waals surface area contributed by atoms with Gasteiger partial charge in [0.15, 0.2) is 0 Å². The van der Waals surface area contributed by atoms with Gasteiger partial charge in [0.1, 0.15) is 0 Å². The third kappa shape index (κ3) is 2.82. The fraction of sp³-hybridized carbons (Fsp3) is 0.211. The Balaban J connectivity index is 2.09. The van der Waals surface area contributed by atoms with Crippen LogP contribution in [0.5, 0.6) is 0 Å². The summed E-state index contributed by atoms with van der Waals surface area (Å²) in [7, 11) is 0. The van der Waals surface area contributed by atoms with Crippen molar-refractivity contribution in [3.05, 3.63) is 64.7 Å². The van der Waals surface area contributed by atoms with Gasteiger partial charge in [0.25, 0.3) is 6.17 Å². The molecule has 3 heterocycles. The largest absolute Gasteiger partial charge is 0.325 e. The van der Waals surface area contributed by atoms with Crippen molar-refractivity contribution >= 4 is 23.4 Å². The van der Waals surface area contributed by atoms with Crippen LogP contribution >= 0.6 is 11.8 Å². The zero-order valence-electron chi connectivity index (χ0n) is 14.9. The number of rotatable bonds is 3. The second-order valence-electron chi connectivity index (χ2n) is 6.05. The van der Waals surface area contributed by atoms with E-state index in [1.54, 1.807) is 22.0 Å². The molecule has 0 unspecified atom stereocenters. The first kappa shape index (κ1) is 17.4. The minimum atomic E-state index is -0.579. The Morgan fingerprint density at radius 2 is 2.11 bits per heavy atom. The highest BCUT2D eigenvalue weighted by Gasteiger charge is 2.45. The molecule has 1 aromatic carbocycles. The molecule has 4 rings (SSSR count). The van der Waals surface area contributed by atoms with E-state index in [1.165, 1.54) is 11.8 Å². The Morgan fingerprint density at radius 3 is 2.81 bits per heavy atom. The Morgan fingerprint density at radius 1 is 1.30 bits per heavy atom. The molecule has 0 radical (unpaired) electrons. The number of thioether (sulfide) groups is 1. The standard InChI is InChI=1S/C19H17N5O2S/c1-3-15(25)23-14-9-5-4-8-13(14)16-17(26)21-19(27-2)22-24(16)18(23)12-7-6-10-20-11-12/h4-11,18H,3H2,1-2H3/p+1/t18-/m0/s1. The summed E-state index contributed by atoms with van der Waals surface area (Å²) in [6.45, 7) is 1.82. The van der Waals surface area contributed by atoms with Crippen LogP contribution in [-0.2, 0) is 4.79 Å². The Hall–Kier alpha value is -3.00. The smallest absolute Gasteiger partial charge is 0.291 e. The van der Waals surface area contributed by atoms with Crippen LogP contribution in [-0.4, -0.2) is 27.2 Å². The number of aromatic nitrogens is 4. The van der Waals surface area contributed by atoms with Gasteiger partial charge in [-0.3, -0.25) is 19.6 Å². The highest BCUT2D eigenvalue weighted by Crippen LogP contribution is 2.37. The molecule has 1 amide bonds. The first-order valence-electron chi connectivity index (χ1n) is 8.57. The molecule has 136 valence electrons.